The molecule has 0 aliphatic carbocycles. The van der Waals surface area contributed by atoms with Crippen LogP contribution >= 0.6 is 0 Å². The van der Waals surface area contributed by atoms with Gasteiger partial charge in [0, 0.05) is 23.8 Å². The first kappa shape index (κ1) is 23.3. The quantitative estimate of drug-likeness (QED) is 0.294. The van der Waals surface area contributed by atoms with E-state index in [1.54, 1.807) is 42.2 Å². The van der Waals surface area contributed by atoms with E-state index in [0.717, 1.165) is 5.39 Å². The summed E-state index contributed by atoms with van der Waals surface area (Å²) in [5, 5.41) is 0.889. The molecule has 36 heavy (non-hydrogen) atoms. The Labute approximate surface area is 207 Å². The molecule has 1 aromatic carbocycles. The van der Waals surface area contributed by atoms with Crippen molar-refractivity contribution in [2.24, 2.45) is 0 Å². The topological polar surface area (TPSA) is 105 Å². The van der Waals surface area contributed by atoms with E-state index in [0.29, 0.717) is 40.0 Å². The summed E-state index contributed by atoms with van der Waals surface area (Å²) in [7, 11) is -1.89. The van der Waals surface area contributed by atoms with E-state index >= 15 is 0 Å². The van der Waals surface area contributed by atoms with Crippen LogP contribution in [-0.2, 0) is 9.84 Å². The highest BCUT2D eigenvalue weighted by molar-refractivity contribution is 7.91. The molecule has 0 aliphatic heterocycles. The van der Waals surface area contributed by atoms with Gasteiger partial charge < -0.3 is 14.3 Å². The van der Waals surface area contributed by atoms with Gasteiger partial charge in [-0.05, 0) is 54.6 Å². The van der Waals surface area contributed by atoms with Gasteiger partial charge in [0.15, 0.2) is 26.4 Å². The van der Waals surface area contributed by atoms with Crippen LogP contribution in [0.4, 0.5) is 0 Å². The predicted molar refractivity (Wildman–Crippen MR) is 134 cm³/mol. The molecule has 5 rings (SSSR count). The monoisotopic (exact) mass is 502 g/mol. The van der Waals surface area contributed by atoms with Gasteiger partial charge in [-0.25, -0.2) is 18.4 Å². The molecule has 0 aliphatic rings. The normalized spacial score (nSPS) is 11.4. The highest BCUT2D eigenvalue weighted by atomic mass is 32.2. The Morgan fingerprint density at radius 3 is 2.44 bits per heavy atom. The maximum absolute atomic E-state index is 12.1. The molecule has 0 saturated carbocycles. The summed E-state index contributed by atoms with van der Waals surface area (Å²) in [6, 6.07) is 19.7. The van der Waals surface area contributed by atoms with Crippen molar-refractivity contribution in [3.63, 3.8) is 0 Å². The molecule has 4 aromatic heterocycles. The number of rotatable bonds is 8. The van der Waals surface area contributed by atoms with Crippen LogP contribution in [0.1, 0.15) is 6.92 Å². The number of aromatic nitrogens is 4. The summed E-state index contributed by atoms with van der Waals surface area (Å²) in [6.07, 6.45) is 4.71. The number of nitrogens with zero attached hydrogens (tertiary/aromatic N) is 4. The number of fused-ring (bicyclic) bond motifs is 1. The Morgan fingerprint density at radius 2 is 1.72 bits per heavy atom. The molecule has 0 bridgehead atoms. The van der Waals surface area contributed by atoms with E-state index in [-0.39, 0.29) is 10.8 Å². The molecule has 0 unspecified atom stereocenters. The minimum Gasteiger partial charge on any atom is -0.478 e. The standard InChI is InChI=1S/C26H22N4O5S/c1-3-36(31,32)25-12-11-20(17-29-25)35-30-22-16-19(34-24-8-6-14-28-26(24)33-2)10-9-18(22)15-23(30)21-7-4-5-13-27-21/h4-17H,3H2,1-2H3. The van der Waals surface area contributed by atoms with Gasteiger partial charge >= 0.3 is 0 Å². The molecule has 0 N–H and O–H groups in total. The summed E-state index contributed by atoms with van der Waals surface area (Å²) in [4.78, 5) is 18.9. The van der Waals surface area contributed by atoms with E-state index < -0.39 is 9.84 Å². The van der Waals surface area contributed by atoms with Gasteiger partial charge in [-0.1, -0.05) is 13.0 Å². The van der Waals surface area contributed by atoms with Crippen LogP contribution in [0.25, 0.3) is 22.3 Å². The summed E-state index contributed by atoms with van der Waals surface area (Å²) in [5.74, 6) is 1.72. The van der Waals surface area contributed by atoms with Crippen molar-refractivity contribution >= 4 is 20.7 Å². The third-order valence-corrected chi connectivity index (χ3v) is 7.06. The fourth-order valence-corrected chi connectivity index (χ4v) is 4.39. The van der Waals surface area contributed by atoms with E-state index in [1.807, 2.05) is 42.5 Å². The van der Waals surface area contributed by atoms with Crippen molar-refractivity contribution in [2.75, 3.05) is 12.9 Å². The molecule has 0 amide bonds. The summed E-state index contributed by atoms with van der Waals surface area (Å²) in [6.45, 7) is 1.58. The van der Waals surface area contributed by atoms with Crippen LogP contribution < -0.4 is 14.3 Å². The average Bonchev–Trinajstić information content (AvgIpc) is 3.27. The molecule has 9 nitrogen and oxygen atoms in total. The third-order valence-electron chi connectivity index (χ3n) is 5.42. The fraction of sp³-hybridized carbons (Fsp3) is 0.115. The van der Waals surface area contributed by atoms with Gasteiger partial charge in [0.1, 0.15) is 11.4 Å². The second-order valence-corrected chi connectivity index (χ2v) is 9.92. The molecular formula is C26H22N4O5S. The molecule has 182 valence electrons. The zero-order chi connectivity index (χ0) is 25.1. The largest absolute Gasteiger partial charge is 0.478 e. The van der Waals surface area contributed by atoms with Crippen LogP contribution in [0.15, 0.2) is 90.3 Å². The van der Waals surface area contributed by atoms with Gasteiger partial charge in [0.05, 0.1) is 30.3 Å². The Hall–Kier alpha value is -4.44. The summed E-state index contributed by atoms with van der Waals surface area (Å²) >= 11 is 0. The Bertz CT molecular complexity index is 1620. The number of hydrogen-bond donors (Lipinski definition) is 0. The molecule has 5 aromatic rings. The van der Waals surface area contributed by atoms with E-state index in [4.69, 9.17) is 14.3 Å². The Morgan fingerprint density at radius 1 is 0.889 bits per heavy atom. The van der Waals surface area contributed by atoms with Crippen LogP contribution in [0, 0.1) is 0 Å². The third kappa shape index (κ3) is 4.58. The second kappa shape index (κ2) is 9.67. The maximum atomic E-state index is 12.1. The molecule has 10 heteroatoms. The molecule has 0 spiro atoms. The van der Waals surface area contributed by atoms with Crippen molar-refractivity contribution in [3.8, 4) is 34.5 Å². The minimum atomic E-state index is -3.42. The van der Waals surface area contributed by atoms with Crippen LogP contribution in [0.2, 0.25) is 0 Å². The summed E-state index contributed by atoms with van der Waals surface area (Å²) in [5.41, 5.74) is 2.11. The zero-order valence-corrected chi connectivity index (χ0v) is 20.3. The van der Waals surface area contributed by atoms with Crippen molar-refractivity contribution in [1.29, 1.82) is 0 Å². The first-order valence-electron chi connectivity index (χ1n) is 11.1. The first-order valence-corrected chi connectivity index (χ1v) is 12.7. The number of pyridine rings is 3. The smallest absolute Gasteiger partial charge is 0.257 e. The highest BCUT2D eigenvalue weighted by Crippen LogP contribution is 2.34. The van der Waals surface area contributed by atoms with Gasteiger partial charge in [-0.3, -0.25) is 4.98 Å². The number of sulfone groups is 1. The van der Waals surface area contributed by atoms with E-state index in [9.17, 15) is 8.42 Å². The van der Waals surface area contributed by atoms with Gasteiger partial charge in [0.2, 0.25) is 0 Å². The lowest BCUT2D eigenvalue weighted by molar-refractivity contribution is 0.232. The zero-order valence-electron chi connectivity index (χ0n) is 19.5. The molecule has 0 saturated heterocycles. The average molecular weight is 503 g/mol. The van der Waals surface area contributed by atoms with Crippen molar-refractivity contribution in [3.05, 3.63) is 85.3 Å². The van der Waals surface area contributed by atoms with Crippen molar-refractivity contribution in [1.82, 2.24) is 19.7 Å². The van der Waals surface area contributed by atoms with Crippen molar-refractivity contribution in [2.45, 2.75) is 11.9 Å². The molecule has 0 radical (unpaired) electrons. The van der Waals surface area contributed by atoms with Gasteiger partial charge in [-0.15, -0.1) is 0 Å². The summed E-state index contributed by atoms with van der Waals surface area (Å²) < 4.78 is 37.2. The maximum Gasteiger partial charge on any atom is 0.257 e. The van der Waals surface area contributed by atoms with Crippen LogP contribution in [-0.4, -0.2) is 41.0 Å². The van der Waals surface area contributed by atoms with E-state index in [1.165, 1.54) is 19.4 Å². The SMILES string of the molecule is CCS(=O)(=O)c1ccc(On2c(-c3ccccn3)cc3ccc(Oc4cccnc4OC)cc32)cn1. The van der Waals surface area contributed by atoms with Gasteiger partial charge in [0.25, 0.3) is 5.88 Å². The first-order chi connectivity index (χ1) is 17.5. The van der Waals surface area contributed by atoms with Crippen LogP contribution in [0.5, 0.6) is 23.1 Å². The number of hydrogen-bond acceptors (Lipinski definition) is 8. The highest BCUT2D eigenvalue weighted by Gasteiger charge is 2.17. The van der Waals surface area contributed by atoms with Gasteiger partial charge in [-0.2, -0.15) is 4.73 Å². The Balaban J connectivity index is 1.58. The molecule has 4 heterocycles. The van der Waals surface area contributed by atoms with Crippen LogP contribution in [0.3, 0.4) is 0 Å². The molecule has 0 fully saturated rings. The number of ether oxygens (including phenoxy) is 2. The lowest BCUT2D eigenvalue weighted by Gasteiger charge is -2.13. The lowest BCUT2D eigenvalue weighted by Crippen LogP contribution is -2.09. The molecule has 0 atom stereocenters. The molecular weight excluding hydrogens is 480 g/mol. The van der Waals surface area contributed by atoms with E-state index in [2.05, 4.69) is 15.0 Å². The minimum absolute atomic E-state index is 0.000711. The Kier molecular flexibility index (Phi) is 6.26. The van der Waals surface area contributed by atoms with Crippen molar-refractivity contribution < 1.29 is 22.7 Å². The number of methoxy groups -OCH3 is 1. The second-order valence-electron chi connectivity index (χ2n) is 7.70. The predicted octanol–water partition coefficient (Wildman–Crippen LogP) is 4.93. The fourth-order valence-electron chi connectivity index (χ4n) is 3.60. The lowest BCUT2D eigenvalue weighted by atomic mass is 10.2. The number of benzene rings is 1.